The first-order chi connectivity index (χ1) is 9.44. The number of hydrogen-bond donors (Lipinski definition) is 1. The van der Waals surface area contributed by atoms with Gasteiger partial charge in [-0.25, -0.2) is 0 Å². The van der Waals surface area contributed by atoms with Crippen molar-refractivity contribution in [3.63, 3.8) is 0 Å². The van der Waals surface area contributed by atoms with E-state index in [9.17, 15) is 9.59 Å². The molecule has 0 heterocycles. The second-order valence-electron chi connectivity index (χ2n) is 5.40. The van der Waals surface area contributed by atoms with Crippen LogP contribution in [-0.4, -0.2) is 43.0 Å². The molecule has 0 aliphatic carbocycles. The van der Waals surface area contributed by atoms with Gasteiger partial charge in [0.15, 0.2) is 0 Å². The number of nitrogens with two attached hydrogens (primary N) is 1. The van der Waals surface area contributed by atoms with Gasteiger partial charge < -0.3 is 15.4 Å². The molecule has 0 bridgehead atoms. The number of ether oxygens (including phenoxy) is 1. The van der Waals surface area contributed by atoms with Crippen LogP contribution in [0.15, 0.2) is 0 Å². The van der Waals surface area contributed by atoms with Crippen LogP contribution >= 0.6 is 0 Å². The van der Waals surface area contributed by atoms with Crippen LogP contribution in [0.2, 0.25) is 0 Å². The van der Waals surface area contributed by atoms with Crippen LogP contribution in [0.1, 0.15) is 52.9 Å². The van der Waals surface area contributed by atoms with Gasteiger partial charge in [-0.3, -0.25) is 9.59 Å². The van der Waals surface area contributed by atoms with E-state index in [1.807, 2.05) is 6.92 Å². The van der Waals surface area contributed by atoms with Crippen molar-refractivity contribution in [2.75, 3.05) is 20.2 Å². The van der Waals surface area contributed by atoms with E-state index < -0.39 is 0 Å². The first kappa shape index (κ1) is 18.9. The topological polar surface area (TPSA) is 72.6 Å². The van der Waals surface area contributed by atoms with E-state index in [1.165, 1.54) is 7.11 Å². The zero-order chi connectivity index (χ0) is 15.5. The standard InChI is InChI=1S/C15H30N2O3/c1-5-13(6-2)10-17(11-15(19)20-4)14(18)9-7-8-12(3)16/h12-13H,5-11,16H2,1-4H3. The van der Waals surface area contributed by atoms with E-state index >= 15 is 0 Å². The van der Waals surface area contributed by atoms with Gasteiger partial charge in [0.05, 0.1) is 7.11 Å². The number of hydrogen-bond acceptors (Lipinski definition) is 4. The van der Waals surface area contributed by atoms with Gasteiger partial charge in [-0.2, -0.15) is 0 Å². The monoisotopic (exact) mass is 286 g/mol. The normalized spacial score (nSPS) is 12.3. The Morgan fingerprint density at radius 3 is 2.30 bits per heavy atom. The molecular weight excluding hydrogens is 256 g/mol. The lowest BCUT2D eigenvalue weighted by Crippen LogP contribution is -2.39. The van der Waals surface area contributed by atoms with Crippen molar-refractivity contribution in [3.8, 4) is 0 Å². The number of methoxy groups -OCH3 is 1. The van der Waals surface area contributed by atoms with Crippen LogP contribution in [0.5, 0.6) is 0 Å². The van der Waals surface area contributed by atoms with Crippen molar-refractivity contribution in [2.24, 2.45) is 11.7 Å². The van der Waals surface area contributed by atoms with Gasteiger partial charge in [0.25, 0.3) is 0 Å². The maximum absolute atomic E-state index is 12.2. The van der Waals surface area contributed by atoms with Gasteiger partial charge in [-0.1, -0.05) is 26.7 Å². The number of amides is 1. The number of carbonyl (C=O) groups is 2. The van der Waals surface area contributed by atoms with E-state index in [0.29, 0.717) is 18.9 Å². The van der Waals surface area contributed by atoms with Gasteiger partial charge in [-0.05, 0) is 25.7 Å². The molecule has 0 rings (SSSR count). The molecule has 0 saturated heterocycles. The Bertz CT molecular complexity index is 289. The molecule has 0 aromatic heterocycles. The Morgan fingerprint density at radius 2 is 1.85 bits per heavy atom. The Balaban J connectivity index is 4.48. The summed E-state index contributed by atoms with van der Waals surface area (Å²) in [6.45, 7) is 6.81. The Kier molecular flexibility index (Phi) is 10.1. The average Bonchev–Trinajstić information content (AvgIpc) is 2.42. The first-order valence-electron chi connectivity index (χ1n) is 7.54. The van der Waals surface area contributed by atoms with Crippen molar-refractivity contribution >= 4 is 11.9 Å². The summed E-state index contributed by atoms with van der Waals surface area (Å²) in [6, 6.07) is 0.107. The summed E-state index contributed by atoms with van der Waals surface area (Å²) in [6.07, 6.45) is 4.03. The molecular formula is C15H30N2O3. The number of rotatable bonds is 10. The molecule has 1 unspecified atom stereocenters. The first-order valence-corrected chi connectivity index (χ1v) is 7.54. The van der Waals surface area contributed by atoms with Gasteiger partial charge in [0, 0.05) is 19.0 Å². The molecule has 2 N–H and O–H groups in total. The minimum atomic E-state index is -0.364. The molecule has 0 spiro atoms. The summed E-state index contributed by atoms with van der Waals surface area (Å²) >= 11 is 0. The molecule has 5 nitrogen and oxygen atoms in total. The van der Waals surface area contributed by atoms with Crippen LogP contribution in [0.25, 0.3) is 0 Å². The summed E-state index contributed by atoms with van der Waals surface area (Å²) in [4.78, 5) is 25.3. The summed E-state index contributed by atoms with van der Waals surface area (Å²) in [5.41, 5.74) is 5.68. The molecule has 0 aliphatic heterocycles. The summed E-state index contributed by atoms with van der Waals surface area (Å²) in [5.74, 6) is 0.0801. The molecule has 0 aromatic carbocycles. The number of esters is 1. The second kappa shape index (κ2) is 10.7. The fourth-order valence-corrected chi connectivity index (χ4v) is 2.07. The molecule has 0 radical (unpaired) electrons. The zero-order valence-electron chi connectivity index (χ0n) is 13.4. The number of carbonyl (C=O) groups excluding carboxylic acids is 2. The summed E-state index contributed by atoms with van der Waals surface area (Å²) in [5, 5.41) is 0. The van der Waals surface area contributed by atoms with E-state index in [2.05, 4.69) is 18.6 Å². The fourth-order valence-electron chi connectivity index (χ4n) is 2.07. The van der Waals surface area contributed by atoms with Crippen molar-refractivity contribution < 1.29 is 14.3 Å². The molecule has 20 heavy (non-hydrogen) atoms. The third-order valence-corrected chi connectivity index (χ3v) is 3.58. The summed E-state index contributed by atoms with van der Waals surface area (Å²) < 4.78 is 4.67. The van der Waals surface area contributed by atoms with Crippen LogP contribution < -0.4 is 5.73 Å². The van der Waals surface area contributed by atoms with Gasteiger partial charge in [0.2, 0.25) is 5.91 Å². The minimum absolute atomic E-state index is 0.0166. The largest absolute Gasteiger partial charge is 0.468 e. The quantitative estimate of drug-likeness (QED) is 0.623. The molecule has 0 aliphatic rings. The maximum Gasteiger partial charge on any atom is 0.325 e. The molecule has 0 aromatic rings. The van der Waals surface area contributed by atoms with E-state index in [4.69, 9.17) is 5.73 Å². The Hall–Kier alpha value is -1.10. The maximum atomic E-state index is 12.2. The lowest BCUT2D eigenvalue weighted by molar-refractivity contribution is -0.147. The molecule has 0 saturated carbocycles. The average molecular weight is 286 g/mol. The molecule has 1 atom stereocenters. The van der Waals surface area contributed by atoms with Crippen LogP contribution in [-0.2, 0) is 14.3 Å². The van der Waals surface area contributed by atoms with Crippen molar-refractivity contribution in [1.29, 1.82) is 0 Å². The fraction of sp³-hybridized carbons (Fsp3) is 0.867. The lowest BCUT2D eigenvalue weighted by Gasteiger charge is -2.26. The third kappa shape index (κ3) is 8.15. The highest BCUT2D eigenvalue weighted by Crippen LogP contribution is 2.12. The predicted molar refractivity (Wildman–Crippen MR) is 80.2 cm³/mol. The highest BCUT2D eigenvalue weighted by molar-refractivity contribution is 5.82. The van der Waals surface area contributed by atoms with Crippen LogP contribution in [0.4, 0.5) is 0 Å². The Labute approximate surface area is 122 Å². The Morgan fingerprint density at radius 1 is 1.25 bits per heavy atom. The van der Waals surface area contributed by atoms with Crippen molar-refractivity contribution in [1.82, 2.24) is 4.90 Å². The smallest absolute Gasteiger partial charge is 0.325 e. The highest BCUT2D eigenvalue weighted by atomic mass is 16.5. The van der Waals surface area contributed by atoms with Gasteiger partial charge in [-0.15, -0.1) is 0 Å². The lowest BCUT2D eigenvalue weighted by atomic mass is 10.0. The molecule has 1 amide bonds. The zero-order valence-corrected chi connectivity index (χ0v) is 13.4. The third-order valence-electron chi connectivity index (χ3n) is 3.58. The predicted octanol–water partition coefficient (Wildman–Crippen LogP) is 1.94. The van der Waals surface area contributed by atoms with Crippen LogP contribution in [0.3, 0.4) is 0 Å². The number of nitrogens with zero attached hydrogens (tertiary/aromatic N) is 1. The van der Waals surface area contributed by atoms with Crippen LogP contribution in [0, 0.1) is 5.92 Å². The molecule has 118 valence electrons. The summed E-state index contributed by atoms with van der Waals surface area (Å²) in [7, 11) is 1.35. The van der Waals surface area contributed by atoms with Crippen molar-refractivity contribution in [2.45, 2.75) is 58.9 Å². The second-order valence-corrected chi connectivity index (χ2v) is 5.40. The molecule has 5 heteroatoms. The van der Waals surface area contributed by atoms with Gasteiger partial charge >= 0.3 is 5.97 Å². The van der Waals surface area contributed by atoms with E-state index in [0.717, 1.165) is 25.7 Å². The molecule has 0 fully saturated rings. The minimum Gasteiger partial charge on any atom is -0.468 e. The SMILES string of the molecule is CCC(CC)CN(CC(=O)OC)C(=O)CCCC(C)N. The van der Waals surface area contributed by atoms with E-state index in [-0.39, 0.29) is 24.5 Å². The van der Waals surface area contributed by atoms with Gasteiger partial charge in [0.1, 0.15) is 6.54 Å². The highest BCUT2D eigenvalue weighted by Gasteiger charge is 2.20. The van der Waals surface area contributed by atoms with Crippen molar-refractivity contribution in [3.05, 3.63) is 0 Å². The van der Waals surface area contributed by atoms with E-state index in [1.54, 1.807) is 4.90 Å².